The lowest BCUT2D eigenvalue weighted by atomic mass is 10.1. The van der Waals surface area contributed by atoms with Crippen LogP contribution in [0.2, 0.25) is 0 Å². The van der Waals surface area contributed by atoms with Crippen molar-refractivity contribution in [3.8, 4) is 0 Å². The molecule has 31 heavy (non-hydrogen) atoms. The van der Waals surface area contributed by atoms with Gasteiger partial charge in [0.05, 0.1) is 6.54 Å². The van der Waals surface area contributed by atoms with Gasteiger partial charge < -0.3 is 20.4 Å². The highest BCUT2D eigenvalue weighted by Gasteiger charge is 2.08. The van der Waals surface area contributed by atoms with Crippen molar-refractivity contribution in [1.29, 1.82) is 0 Å². The Kier molecular flexibility index (Phi) is 10.0. The lowest BCUT2D eigenvalue weighted by Crippen LogP contribution is -2.38. The molecule has 0 saturated carbocycles. The van der Waals surface area contributed by atoms with E-state index in [0.29, 0.717) is 6.54 Å². The number of hydrogen-bond donors (Lipinski definition) is 2. The number of benzene rings is 2. The second-order valence-electron chi connectivity index (χ2n) is 7.92. The fraction of sp³-hybridized carbons (Fsp3) is 0.440. The van der Waals surface area contributed by atoms with Gasteiger partial charge in [-0.2, -0.15) is 0 Å². The Morgan fingerprint density at radius 2 is 1.65 bits per heavy atom. The van der Waals surface area contributed by atoms with Crippen LogP contribution in [0.1, 0.15) is 40.9 Å². The predicted molar refractivity (Wildman–Crippen MR) is 129 cm³/mol. The molecule has 0 spiro atoms. The van der Waals surface area contributed by atoms with Gasteiger partial charge in [-0.3, -0.25) is 4.79 Å². The average molecular weight is 424 g/mol. The first-order valence-corrected chi connectivity index (χ1v) is 11.0. The largest absolute Gasteiger partial charge is 0.357 e. The van der Waals surface area contributed by atoms with Gasteiger partial charge in [0.25, 0.3) is 5.91 Å². The summed E-state index contributed by atoms with van der Waals surface area (Å²) in [7, 11) is 5.67. The maximum atomic E-state index is 12.2. The lowest BCUT2D eigenvalue weighted by molar-refractivity contribution is 0.0827. The smallest absolute Gasteiger partial charge is 0.253 e. The molecule has 168 valence electrons. The molecule has 0 saturated heterocycles. The van der Waals surface area contributed by atoms with E-state index in [2.05, 4.69) is 66.8 Å². The molecule has 2 aromatic carbocycles. The Bertz CT molecular complexity index is 862. The molecule has 6 heteroatoms. The summed E-state index contributed by atoms with van der Waals surface area (Å²) >= 11 is 0. The van der Waals surface area contributed by atoms with E-state index in [4.69, 9.17) is 4.99 Å². The fourth-order valence-corrected chi connectivity index (χ4v) is 3.21. The summed E-state index contributed by atoms with van der Waals surface area (Å²) in [6, 6.07) is 16.4. The highest BCUT2D eigenvalue weighted by molar-refractivity contribution is 5.94. The zero-order chi connectivity index (χ0) is 22.6. The predicted octanol–water partition coefficient (Wildman–Crippen LogP) is 3.14. The molecule has 0 radical (unpaired) electrons. The zero-order valence-electron chi connectivity index (χ0n) is 19.6. The van der Waals surface area contributed by atoms with Crippen molar-refractivity contribution in [3.05, 3.63) is 70.8 Å². The summed E-state index contributed by atoms with van der Waals surface area (Å²) in [6.07, 6.45) is 0.817. The van der Waals surface area contributed by atoms with Gasteiger partial charge in [-0.15, -0.1) is 0 Å². The van der Waals surface area contributed by atoms with Crippen molar-refractivity contribution in [3.63, 3.8) is 0 Å². The SMILES string of the molecule is CCNC(=NCc1cccc(CN(C)CC)c1)NCCc1cccc(C(=O)N(C)C)c1. The fourth-order valence-electron chi connectivity index (χ4n) is 3.21. The lowest BCUT2D eigenvalue weighted by Gasteiger charge is -2.15. The molecular weight excluding hydrogens is 386 g/mol. The summed E-state index contributed by atoms with van der Waals surface area (Å²) in [5.41, 5.74) is 4.36. The molecule has 2 rings (SSSR count). The molecular formula is C25H37N5O. The van der Waals surface area contributed by atoms with Gasteiger partial charge >= 0.3 is 0 Å². The van der Waals surface area contributed by atoms with Crippen LogP contribution < -0.4 is 10.6 Å². The summed E-state index contributed by atoms with van der Waals surface area (Å²) in [4.78, 5) is 20.8. The third-order valence-electron chi connectivity index (χ3n) is 5.03. The number of aliphatic imine (C=N–C) groups is 1. The molecule has 0 aliphatic heterocycles. The van der Waals surface area contributed by atoms with Crippen LogP contribution in [0.25, 0.3) is 0 Å². The van der Waals surface area contributed by atoms with Crippen LogP contribution in [0.15, 0.2) is 53.5 Å². The molecule has 2 aromatic rings. The van der Waals surface area contributed by atoms with E-state index >= 15 is 0 Å². The first-order chi connectivity index (χ1) is 14.9. The quantitative estimate of drug-likeness (QED) is 0.455. The monoisotopic (exact) mass is 423 g/mol. The van der Waals surface area contributed by atoms with Crippen molar-refractivity contribution >= 4 is 11.9 Å². The highest BCUT2D eigenvalue weighted by atomic mass is 16.2. The van der Waals surface area contributed by atoms with Crippen molar-refractivity contribution in [1.82, 2.24) is 20.4 Å². The van der Waals surface area contributed by atoms with Gasteiger partial charge in [0.2, 0.25) is 0 Å². The number of carbonyl (C=O) groups is 1. The van der Waals surface area contributed by atoms with Gasteiger partial charge in [0.15, 0.2) is 5.96 Å². The molecule has 0 heterocycles. The van der Waals surface area contributed by atoms with Crippen LogP contribution >= 0.6 is 0 Å². The first kappa shape index (κ1) is 24.4. The summed E-state index contributed by atoms with van der Waals surface area (Å²) < 4.78 is 0. The van der Waals surface area contributed by atoms with Crippen molar-refractivity contribution in [2.24, 2.45) is 4.99 Å². The van der Waals surface area contributed by atoms with Crippen LogP contribution in [-0.2, 0) is 19.5 Å². The minimum Gasteiger partial charge on any atom is -0.357 e. The topological polar surface area (TPSA) is 60.0 Å². The Labute approximate surface area is 187 Å². The molecule has 0 atom stereocenters. The molecule has 0 aliphatic rings. The Morgan fingerprint density at radius 1 is 0.935 bits per heavy atom. The van der Waals surface area contributed by atoms with Crippen LogP contribution in [0.5, 0.6) is 0 Å². The van der Waals surface area contributed by atoms with Gasteiger partial charge in [-0.1, -0.05) is 43.3 Å². The number of nitrogens with one attached hydrogen (secondary N) is 2. The van der Waals surface area contributed by atoms with Crippen molar-refractivity contribution < 1.29 is 4.79 Å². The summed E-state index contributed by atoms with van der Waals surface area (Å²) in [5, 5.41) is 6.71. The van der Waals surface area contributed by atoms with Crippen molar-refractivity contribution in [2.75, 3.05) is 40.8 Å². The van der Waals surface area contributed by atoms with E-state index < -0.39 is 0 Å². The Balaban J connectivity index is 1.94. The minimum absolute atomic E-state index is 0.0251. The standard InChI is InChI=1S/C25H37N5O/c1-6-26-25(28-18-21-11-8-12-22(16-21)19-30(5)7-2)27-15-14-20-10-9-13-23(17-20)24(31)29(3)4/h8-13,16-17H,6-7,14-15,18-19H2,1-5H3,(H2,26,27,28). The Hall–Kier alpha value is -2.86. The molecule has 0 fully saturated rings. The van der Waals surface area contributed by atoms with Crippen LogP contribution in [0.3, 0.4) is 0 Å². The van der Waals surface area contributed by atoms with Gasteiger partial charge in [0.1, 0.15) is 0 Å². The maximum Gasteiger partial charge on any atom is 0.253 e. The van der Waals surface area contributed by atoms with E-state index in [-0.39, 0.29) is 5.91 Å². The van der Waals surface area contributed by atoms with E-state index in [1.54, 1.807) is 19.0 Å². The van der Waals surface area contributed by atoms with Crippen LogP contribution in [0.4, 0.5) is 0 Å². The maximum absolute atomic E-state index is 12.2. The second-order valence-corrected chi connectivity index (χ2v) is 7.92. The van der Waals surface area contributed by atoms with E-state index in [1.807, 2.05) is 18.2 Å². The normalized spacial score (nSPS) is 11.5. The molecule has 0 unspecified atom stereocenters. The van der Waals surface area contributed by atoms with E-state index in [0.717, 1.165) is 49.7 Å². The molecule has 0 aliphatic carbocycles. The molecule has 2 N–H and O–H groups in total. The number of carbonyl (C=O) groups excluding carboxylic acids is 1. The number of guanidine groups is 1. The number of amides is 1. The van der Waals surface area contributed by atoms with Gasteiger partial charge in [-0.25, -0.2) is 4.99 Å². The first-order valence-electron chi connectivity index (χ1n) is 11.0. The minimum atomic E-state index is 0.0251. The average Bonchev–Trinajstić information content (AvgIpc) is 2.77. The van der Waals surface area contributed by atoms with Crippen LogP contribution in [0, 0.1) is 0 Å². The third-order valence-corrected chi connectivity index (χ3v) is 5.03. The van der Waals surface area contributed by atoms with Crippen molar-refractivity contribution in [2.45, 2.75) is 33.4 Å². The number of nitrogens with zero attached hydrogens (tertiary/aromatic N) is 3. The second kappa shape index (κ2) is 12.7. The van der Waals surface area contributed by atoms with Crippen LogP contribution in [-0.4, -0.2) is 62.4 Å². The summed E-state index contributed by atoms with van der Waals surface area (Å²) in [6.45, 7) is 8.39. The number of hydrogen-bond acceptors (Lipinski definition) is 3. The highest BCUT2D eigenvalue weighted by Crippen LogP contribution is 2.09. The molecule has 6 nitrogen and oxygen atoms in total. The Morgan fingerprint density at radius 3 is 2.35 bits per heavy atom. The van der Waals surface area contributed by atoms with E-state index in [1.165, 1.54) is 11.1 Å². The van der Waals surface area contributed by atoms with Gasteiger partial charge in [-0.05, 0) is 55.8 Å². The zero-order valence-corrected chi connectivity index (χ0v) is 19.6. The third kappa shape index (κ3) is 8.42. The molecule has 1 amide bonds. The van der Waals surface area contributed by atoms with E-state index in [9.17, 15) is 4.79 Å². The molecule has 0 aromatic heterocycles. The molecule has 0 bridgehead atoms. The summed E-state index contributed by atoms with van der Waals surface area (Å²) in [5.74, 6) is 0.830. The number of rotatable bonds is 10. The van der Waals surface area contributed by atoms with Gasteiger partial charge in [0, 0.05) is 39.3 Å².